The lowest BCUT2D eigenvalue weighted by Gasteiger charge is -2.37. The first kappa shape index (κ1) is 22.8. The Morgan fingerprint density at radius 2 is 1.54 bits per heavy atom. The predicted molar refractivity (Wildman–Crippen MR) is 131 cm³/mol. The number of hydrogen-bond acceptors (Lipinski definition) is 4. The molecule has 1 atom stereocenters. The second-order valence-corrected chi connectivity index (χ2v) is 8.57. The molecule has 5 rings (SSSR count). The molecule has 0 saturated carbocycles. The molecule has 9 heteroatoms. The van der Waals surface area contributed by atoms with Crippen molar-refractivity contribution in [1.29, 1.82) is 0 Å². The highest BCUT2D eigenvalue weighted by molar-refractivity contribution is 7.80. The Morgan fingerprint density at radius 3 is 2.20 bits per heavy atom. The average molecular weight is 493 g/mol. The summed E-state index contributed by atoms with van der Waals surface area (Å²) in [7, 11) is 0. The van der Waals surface area contributed by atoms with Crippen LogP contribution in [0.2, 0.25) is 0 Å². The van der Waals surface area contributed by atoms with Crippen molar-refractivity contribution in [2.45, 2.75) is 19.9 Å². The van der Waals surface area contributed by atoms with Crippen molar-refractivity contribution in [3.63, 3.8) is 0 Å². The SMILES string of the molecule is CC1=C(c2nc(-c3ccc(F)cc3)no2)C(c2ccc(C)cc2)NC(=S)N1c1cc(F)cc(F)c1. The molecule has 4 aromatic rings. The second kappa shape index (κ2) is 8.99. The van der Waals surface area contributed by atoms with E-state index in [1.165, 1.54) is 29.2 Å². The van der Waals surface area contributed by atoms with Gasteiger partial charge >= 0.3 is 0 Å². The number of hydrogen-bond donors (Lipinski definition) is 1. The van der Waals surface area contributed by atoms with E-state index in [0.29, 0.717) is 16.8 Å². The molecule has 1 unspecified atom stereocenters. The van der Waals surface area contributed by atoms with Crippen LogP contribution in [0.5, 0.6) is 0 Å². The fraction of sp³-hybridized carbons (Fsp3) is 0.115. The third-order valence-corrected chi connectivity index (χ3v) is 6.06. The van der Waals surface area contributed by atoms with Gasteiger partial charge in [0.1, 0.15) is 17.5 Å². The van der Waals surface area contributed by atoms with Crippen LogP contribution < -0.4 is 10.2 Å². The number of aromatic nitrogens is 2. The van der Waals surface area contributed by atoms with Gasteiger partial charge in [-0.1, -0.05) is 35.0 Å². The van der Waals surface area contributed by atoms with Crippen LogP contribution in [0.15, 0.2) is 77.0 Å². The number of thiocarbonyl (C=S) groups is 1. The fourth-order valence-electron chi connectivity index (χ4n) is 4.06. The summed E-state index contributed by atoms with van der Waals surface area (Å²) in [6.45, 7) is 3.76. The van der Waals surface area contributed by atoms with E-state index in [9.17, 15) is 13.2 Å². The van der Waals surface area contributed by atoms with Crippen molar-refractivity contribution >= 4 is 28.6 Å². The molecule has 0 aliphatic carbocycles. The van der Waals surface area contributed by atoms with Gasteiger partial charge in [-0.2, -0.15) is 4.98 Å². The second-order valence-electron chi connectivity index (χ2n) is 8.19. The van der Waals surface area contributed by atoms with Crippen LogP contribution in [-0.4, -0.2) is 15.3 Å². The summed E-state index contributed by atoms with van der Waals surface area (Å²) in [4.78, 5) is 6.08. The molecule has 1 aromatic heterocycles. The first-order valence-electron chi connectivity index (χ1n) is 10.7. The molecule has 0 amide bonds. The monoisotopic (exact) mass is 492 g/mol. The standard InChI is InChI=1S/C26H19F3N4OS/c1-14-3-5-16(6-4-14)23-22(25-31-24(32-34-25)17-7-9-18(27)10-8-17)15(2)33(26(35)30-23)21-12-19(28)11-20(29)13-21/h3-13,23H,1-2H3,(H,30,35). The molecule has 1 N–H and O–H groups in total. The Labute approximate surface area is 204 Å². The van der Waals surface area contributed by atoms with Gasteiger partial charge in [0.05, 0.1) is 17.3 Å². The zero-order valence-corrected chi connectivity index (χ0v) is 19.5. The lowest BCUT2D eigenvalue weighted by Crippen LogP contribution is -2.46. The largest absolute Gasteiger partial charge is 0.351 e. The molecule has 0 radical (unpaired) electrons. The van der Waals surface area contributed by atoms with Crippen molar-refractivity contribution < 1.29 is 17.7 Å². The van der Waals surface area contributed by atoms with Crippen molar-refractivity contribution in [3.8, 4) is 11.4 Å². The summed E-state index contributed by atoms with van der Waals surface area (Å²) in [5.41, 5.74) is 3.93. The number of rotatable bonds is 4. The Hall–Kier alpha value is -3.98. The van der Waals surface area contributed by atoms with Crippen LogP contribution in [0.25, 0.3) is 17.0 Å². The van der Waals surface area contributed by atoms with E-state index in [1.54, 1.807) is 19.1 Å². The van der Waals surface area contributed by atoms with Crippen molar-refractivity contribution in [1.82, 2.24) is 15.5 Å². The molecular formula is C26H19F3N4OS. The van der Waals surface area contributed by atoms with E-state index in [1.807, 2.05) is 31.2 Å². The summed E-state index contributed by atoms with van der Waals surface area (Å²) in [6, 6.07) is 16.3. The number of benzene rings is 3. The maximum absolute atomic E-state index is 14.0. The minimum Gasteiger partial charge on any atom is -0.351 e. The fourth-order valence-corrected chi connectivity index (χ4v) is 4.42. The first-order chi connectivity index (χ1) is 16.8. The van der Waals surface area contributed by atoms with Gasteiger partial charge in [-0.15, -0.1) is 0 Å². The van der Waals surface area contributed by atoms with Gasteiger partial charge in [-0.25, -0.2) is 13.2 Å². The smallest absolute Gasteiger partial charge is 0.258 e. The Bertz CT molecular complexity index is 1430. The number of nitrogens with one attached hydrogen (secondary N) is 1. The third kappa shape index (κ3) is 4.42. The number of halogens is 3. The molecule has 3 aromatic carbocycles. The highest BCUT2D eigenvalue weighted by Gasteiger charge is 2.35. The van der Waals surface area contributed by atoms with Gasteiger partial charge in [0, 0.05) is 17.3 Å². The van der Waals surface area contributed by atoms with Crippen LogP contribution >= 0.6 is 12.2 Å². The van der Waals surface area contributed by atoms with Gasteiger partial charge in [0.2, 0.25) is 5.82 Å². The summed E-state index contributed by atoms with van der Waals surface area (Å²) in [5.74, 6) is -1.36. The summed E-state index contributed by atoms with van der Waals surface area (Å²) in [6.07, 6.45) is 0. The summed E-state index contributed by atoms with van der Waals surface area (Å²) < 4.78 is 47.1. The van der Waals surface area contributed by atoms with Crippen LogP contribution in [0, 0.1) is 24.4 Å². The molecule has 1 aliphatic rings. The van der Waals surface area contributed by atoms with E-state index in [-0.39, 0.29) is 28.3 Å². The first-order valence-corrected chi connectivity index (χ1v) is 11.1. The molecule has 0 saturated heterocycles. The molecule has 5 nitrogen and oxygen atoms in total. The summed E-state index contributed by atoms with van der Waals surface area (Å²) >= 11 is 5.61. The van der Waals surface area contributed by atoms with Crippen molar-refractivity contribution in [2.75, 3.05) is 4.90 Å². The Balaban J connectivity index is 1.66. The molecule has 0 fully saturated rings. The summed E-state index contributed by atoms with van der Waals surface area (Å²) in [5, 5.41) is 7.59. The normalized spacial score (nSPS) is 16.0. The maximum Gasteiger partial charge on any atom is 0.258 e. The zero-order valence-electron chi connectivity index (χ0n) is 18.7. The molecule has 0 spiro atoms. The van der Waals surface area contributed by atoms with Crippen LogP contribution in [-0.2, 0) is 0 Å². The van der Waals surface area contributed by atoms with E-state index in [0.717, 1.165) is 17.2 Å². The lowest BCUT2D eigenvalue weighted by atomic mass is 9.94. The Kier molecular flexibility index (Phi) is 5.86. The molecule has 2 heterocycles. The maximum atomic E-state index is 14.0. The molecule has 1 aliphatic heterocycles. The Morgan fingerprint density at radius 1 is 0.886 bits per heavy atom. The quantitative estimate of drug-likeness (QED) is 0.336. The van der Waals surface area contributed by atoms with Gasteiger partial charge in [0.15, 0.2) is 5.11 Å². The van der Waals surface area contributed by atoms with Crippen LogP contribution in [0.4, 0.5) is 18.9 Å². The van der Waals surface area contributed by atoms with Crippen LogP contribution in [0.3, 0.4) is 0 Å². The third-order valence-electron chi connectivity index (χ3n) is 5.76. The average Bonchev–Trinajstić information content (AvgIpc) is 3.29. The topological polar surface area (TPSA) is 54.2 Å². The minimum atomic E-state index is -0.728. The molecule has 35 heavy (non-hydrogen) atoms. The lowest BCUT2D eigenvalue weighted by molar-refractivity contribution is 0.404. The molecule has 176 valence electrons. The van der Waals surface area contributed by atoms with E-state index in [2.05, 4.69) is 15.5 Å². The molecular weight excluding hydrogens is 473 g/mol. The van der Waals surface area contributed by atoms with Gasteiger partial charge in [-0.05, 0) is 68.0 Å². The molecule has 0 bridgehead atoms. The minimum absolute atomic E-state index is 0.198. The van der Waals surface area contributed by atoms with Crippen molar-refractivity contribution in [2.24, 2.45) is 0 Å². The van der Waals surface area contributed by atoms with E-state index in [4.69, 9.17) is 16.7 Å². The number of allylic oxidation sites excluding steroid dienone is 1. The van der Waals surface area contributed by atoms with E-state index >= 15 is 0 Å². The highest BCUT2D eigenvalue weighted by atomic mass is 32.1. The van der Waals surface area contributed by atoms with Crippen LogP contribution in [0.1, 0.15) is 30.0 Å². The van der Waals surface area contributed by atoms with Gasteiger partial charge in [0.25, 0.3) is 5.89 Å². The zero-order chi connectivity index (χ0) is 24.7. The number of aryl methyl sites for hydroxylation is 1. The van der Waals surface area contributed by atoms with E-state index < -0.39 is 17.7 Å². The number of nitrogens with zero attached hydrogens (tertiary/aromatic N) is 3. The predicted octanol–water partition coefficient (Wildman–Crippen LogP) is 6.33. The van der Waals surface area contributed by atoms with Gasteiger partial charge in [-0.3, -0.25) is 4.90 Å². The number of anilines is 1. The highest BCUT2D eigenvalue weighted by Crippen LogP contribution is 2.39. The van der Waals surface area contributed by atoms with Gasteiger partial charge < -0.3 is 9.84 Å². The van der Waals surface area contributed by atoms with Crippen molar-refractivity contribution in [3.05, 3.63) is 107 Å².